The van der Waals surface area contributed by atoms with Crippen LogP contribution in [-0.2, 0) is 9.59 Å². The van der Waals surface area contributed by atoms with Gasteiger partial charge in [0.25, 0.3) is 0 Å². The van der Waals surface area contributed by atoms with Crippen LogP contribution in [0.3, 0.4) is 0 Å². The summed E-state index contributed by atoms with van der Waals surface area (Å²) in [5, 5.41) is 9.15. The minimum Gasteiger partial charge on any atom is -0.360 e. The normalized spacial score (nSPS) is 17.2. The molecule has 0 aliphatic carbocycles. The number of nitrogens with zero attached hydrogens (tertiary/aromatic N) is 1. The number of nitrogens with one attached hydrogen (secondary N) is 2. The van der Waals surface area contributed by atoms with Crippen LogP contribution < -0.4 is 10.6 Å². The molecule has 1 aliphatic heterocycles. The van der Waals surface area contributed by atoms with Crippen LogP contribution in [-0.4, -0.2) is 17.0 Å². The Kier molecular flexibility index (Phi) is 2.98. The first-order valence-corrected chi connectivity index (χ1v) is 6.26. The van der Waals surface area contributed by atoms with Gasteiger partial charge in [-0.25, -0.2) is 0 Å². The Balaban J connectivity index is 1.86. The van der Waals surface area contributed by atoms with E-state index in [1.54, 1.807) is 19.1 Å². The molecule has 1 atom stereocenters. The molecule has 6 nitrogen and oxygen atoms in total. The molecule has 6 heteroatoms. The van der Waals surface area contributed by atoms with E-state index in [1.165, 1.54) is 0 Å². The van der Waals surface area contributed by atoms with Crippen LogP contribution in [0.25, 0.3) is 0 Å². The first kappa shape index (κ1) is 12.4. The standard InChI is InChI=1S/C14H13N3O3/c1-8-6-12(17-20-8)16-14(19)10-7-13(18)15-11-5-3-2-4-9(10)11/h2-6,10H,7H2,1H3,(H,15,18)(H,16,17,19). The number of amides is 2. The van der Waals surface area contributed by atoms with Crippen LogP contribution in [0.4, 0.5) is 11.5 Å². The van der Waals surface area contributed by atoms with E-state index in [0.717, 1.165) is 5.56 Å². The maximum atomic E-state index is 12.3. The molecule has 0 saturated heterocycles. The zero-order valence-corrected chi connectivity index (χ0v) is 10.8. The molecule has 1 aromatic carbocycles. The molecule has 102 valence electrons. The summed E-state index contributed by atoms with van der Waals surface area (Å²) < 4.78 is 4.90. The third-order valence-electron chi connectivity index (χ3n) is 3.20. The van der Waals surface area contributed by atoms with Gasteiger partial charge in [0.05, 0.1) is 5.92 Å². The molecule has 0 fully saturated rings. The minimum absolute atomic E-state index is 0.125. The fourth-order valence-corrected chi connectivity index (χ4v) is 2.28. The van der Waals surface area contributed by atoms with E-state index in [-0.39, 0.29) is 18.2 Å². The van der Waals surface area contributed by atoms with Gasteiger partial charge in [-0.1, -0.05) is 23.4 Å². The van der Waals surface area contributed by atoms with E-state index in [2.05, 4.69) is 15.8 Å². The first-order chi connectivity index (χ1) is 9.63. The van der Waals surface area contributed by atoms with Gasteiger partial charge < -0.3 is 15.2 Å². The van der Waals surface area contributed by atoms with Gasteiger partial charge in [-0.3, -0.25) is 9.59 Å². The number of aryl methyl sites for hydroxylation is 1. The lowest BCUT2D eigenvalue weighted by Gasteiger charge is -2.24. The van der Waals surface area contributed by atoms with Crippen molar-refractivity contribution >= 4 is 23.3 Å². The summed E-state index contributed by atoms with van der Waals surface area (Å²) in [5.41, 5.74) is 1.49. The number of hydrogen-bond acceptors (Lipinski definition) is 4. The number of aromatic nitrogens is 1. The van der Waals surface area contributed by atoms with E-state index in [4.69, 9.17) is 4.52 Å². The maximum absolute atomic E-state index is 12.3. The summed E-state index contributed by atoms with van der Waals surface area (Å²) in [4.78, 5) is 24.0. The lowest BCUT2D eigenvalue weighted by molar-refractivity contribution is -0.123. The number of rotatable bonds is 2. The zero-order valence-electron chi connectivity index (χ0n) is 10.8. The van der Waals surface area contributed by atoms with Crippen molar-refractivity contribution in [3.63, 3.8) is 0 Å². The van der Waals surface area contributed by atoms with E-state index in [0.29, 0.717) is 17.3 Å². The van der Waals surface area contributed by atoms with Crippen molar-refractivity contribution in [2.45, 2.75) is 19.3 Å². The largest absolute Gasteiger partial charge is 0.360 e. The molecule has 1 unspecified atom stereocenters. The van der Waals surface area contributed by atoms with Crippen LogP contribution in [0.2, 0.25) is 0 Å². The van der Waals surface area contributed by atoms with Gasteiger partial charge in [0.2, 0.25) is 11.8 Å². The predicted octanol–water partition coefficient (Wildman–Crippen LogP) is 2.05. The highest BCUT2D eigenvalue weighted by molar-refractivity contribution is 6.04. The molecule has 2 N–H and O–H groups in total. The average molecular weight is 271 g/mol. The molecule has 1 aliphatic rings. The Bertz CT molecular complexity index is 678. The van der Waals surface area contributed by atoms with Crippen LogP contribution in [0.1, 0.15) is 23.7 Å². The van der Waals surface area contributed by atoms with Gasteiger partial charge in [0.15, 0.2) is 5.82 Å². The fourth-order valence-electron chi connectivity index (χ4n) is 2.28. The molecular weight excluding hydrogens is 258 g/mol. The molecule has 0 radical (unpaired) electrons. The second kappa shape index (κ2) is 4.80. The fraction of sp³-hybridized carbons (Fsp3) is 0.214. The van der Waals surface area contributed by atoms with Crippen LogP contribution in [0, 0.1) is 6.92 Å². The van der Waals surface area contributed by atoms with Crippen LogP contribution in [0.5, 0.6) is 0 Å². The SMILES string of the molecule is Cc1cc(NC(=O)C2CC(=O)Nc3ccccc32)no1. The molecule has 2 heterocycles. The number of benzene rings is 1. The first-order valence-electron chi connectivity index (χ1n) is 6.26. The third kappa shape index (κ3) is 2.27. The third-order valence-corrected chi connectivity index (χ3v) is 3.20. The van der Waals surface area contributed by atoms with E-state index >= 15 is 0 Å². The Hall–Kier alpha value is -2.63. The molecule has 20 heavy (non-hydrogen) atoms. The summed E-state index contributed by atoms with van der Waals surface area (Å²) >= 11 is 0. The molecule has 2 amide bonds. The van der Waals surface area contributed by atoms with E-state index in [1.807, 2.05) is 18.2 Å². The molecule has 2 aromatic rings. The van der Waals surface area contributed by atoms with Crippen molar-refractivity contribution in [2.75, 3.05) is 10.6 Å². The predicted molar refractivity (Wildman–Crippen MR) is 72.3 cm³/mol. The molecule has 0 saturated carbocycles. The molecule has 0 spiro atoms. The lowest BCUT2D eigenvalue weighted by Crippen LogP contribution is -2.30. The maximum Gasteiger partial charge on any atom is 0.233 e. The topological polar surface area (TPSA) is 84.2 Å². The number of fused-ring (bicyclic) bond motifs is 1. The highest BCUT2D eigenvalue weighted by Crippen LogP contribution is 2.32. The van der Waals surface area contributed by atoms with Gasteiger partial charge in [-0.15, -0.1) is 0 Å². The highest BCUT2D eigenvalue weighted by Gasteiger charge is 2.30. The summed E-state index contributed by atoms with van der Waals surface area (Å²) in [6.45, 7) is 1.74. The Morgan fingerprint density at radius 3 is 3.00 bits per heavy atom. The van der Waals surface area contributed by atoms with Crippen molar-refractivity contribution in [1.82, 2.24) is 5.16 Å². The summed E-state index contributed by atoms with van der Waals surface area (Å²) in [5.74, 6) is 0.0239. The van der Waals surface area contributed by atoms with Crippen LogP contribution >= 0.6 is 0 Å². The minimum atomic E-state index is -0.517. The van der Waals surface area contributed by atoms with Crippen LogP contribution in [0.15, 0.2) is 34.9 Å². The zero-order chi connectivity index (χ0) is 14.1. The number of hydrogen-bond donors (Lipinski definition) is 2. The van der Waals surface area contributed by atoms with Gasteiger partial charge in [-0.2, -0.15) is 0 Å². The Morgan fingerprint density at radius 2 is 2.25 bits per heavy atom. The molecular formula is C14H13N3O3. The van der Waals surface area contributed by atoms with Gasteiger partial charge in [0.1, 0.15) is 5.76 Å². The highest BCUT2D eigenvalue weighted by atomic mass is 16.5. The van der Waals surface area contributed by atoms with E-state index in [9.17, 15) is 9.59 Å². The molecule has 3 rings (SSSR count). The second-order valence-corrected chi connectivity index (χ2v) is 4.70. The van der Waals surface area contributed by atoms with Crippen molar-refractivity contribution < 1.29 is 14.1 Å². The van der Waals surface area contributed by atoms with E-state index < -0.39 is 5.92 Å². The van der Waals surface area contributed by atoms with Gasteiger partial charge >= 0.3 is 0 Å². The van der Waals surface area contributed by atoms with Crippen molar-refractivity contribution in [3.8, 4) is 0 Å². The number of para-hydroxylation sites is 1. The summed E-state index contributed by atoms with van der Waals surface area (Å²) in [6, 6.07) is 8.92. The number of carbonyl (C=O) groups excluding carboxylic acids is 2. The smallest absolute Gasteiger partial charge is 0.233 e. The summed E-state index contributed by atoms with van der Waals surface area (Å²) in [6.07, 6.45) is 0.125. The monoisotopic (exact) mass is 271 g/mol. The van der Waals surface area contributed by atoms with Gasteiger partial charge in [0, 0.05) is 18.2 Å². The molecule has 1 aromatic heterocycles. The molecule has 0 bridgehead atoms. The Morgan fingerprint density at radius 1 is 1.45 bits per heavy atom. The Labute approximate surface area is 115 Å². The van der Waals surface area contributed by atoms with Crippen molar-refractivity contribution in [2.24, 2.45) is 0 Å². The quantitative estimate of drug-likeness (QED) is 0.875. The average Bonchev–Trinajstić information content (AvgIpc) is 2.83. The number of carbonyl (C=O) groups is 2. The van der Waals surface area contributed by atoms with Gasteiger partial charge in [-0.05, 0) is 18.6 Å². The van der Waals surface area contributed by atoms with Crippen molar-refractivity contribution in [1.29, 1.82) is 0 Å². The second-order valence-electron chi connectivity index (χ2n) is 4.70. The number of anilines is 2. The summed E-state index contributed by atoms with van der Waals surface area (Å²) in [7, 11) is 0. The van der Waals surface area contributed by atoms with Crippen molar-refractivity contribution in [3.05, 3.63) is 41.7 Å². The lowest BCUT2D eigenvalue weighted by atomic mass is 9.90.